The van der Waals surface area contributed by atoms with Crippen LogP contribution in [0.2, 0.25) is 0 Å². The zero-order valence-corrected chi connectivity index (χ0v) is 17.8. The summed E-state index contributed by atoms with van der Waals surface area (Å²) in [5.74, 6) is 0.149. The van der Waals surface area contributed by atoms with Gasteiger partial charge in [-0.15, -0.1) is 0 Å². The second-order valence-electron chi connectivity index (χ2n) is 8.39. The average molecular weight is 421 g/mol. The molecule has 4 N–H and O–H groups in total. The normalized spacial score (nSPS) is 23.9. The average Bonchev–Trinajstić information content (AvgIpc) is 3.37. The highest BCUT2D eigenvalue weighted by Crippen LogP contribution is 2.27. The van der Waals surface area contributed by atoms with E-state index in [4.69, 9.17) is 4.74 Å². The maximum absolute atomic E-state index is 12.6. The van der Waals surface area contributed by atoms with E-state index in [-0.39, 0.29) is 23.9 Å². The number of nitrogens with zero attached hydrogens (tertiary/aromatic N) is 2. The number of rotatable bonds is 4. The number of hydrogen-bond donors (Lipinski definition) is 4. The van der Waals surface area contributed by atoms with E-state index in [2.05, 4.69) is 75.2 Å². The predicted octanol–water partition coefficient (Wildman–Crippen LogP) is 2.51. The molecule has 0 spiro atoms. The summed E-state index contributed by atoms with van der Waals surface area (Å²) in [4.78, 5) is 22.9. The number of nitrogens with one attached hydrogen (secondary N) is 4. The first-order valence-corrected chi connectivity index (χ1v) is 10.8. The van der Waals surface area contributed by atoms with Crippen LogP contribution in [-0.4, -0.2) is 54.3 Å². The zero-order valence-electron chi connectivity index (χ0n) is 17.8. The maximum atomic E-state index is 12.6. The molecule has 1 aromatic carbocycles. The van der Waals surface area contributed by atoms with Gasteiger partial charge in [-0.25, -0.2) is 10.4 Å². The Kier molecular flexibility index (Phi) is 5.35. The van der Waals surface area contributed by atoms with Crippen LogP contribution in [0.5, 0.6) is 0 Å². The number of morpholine rings is 1. The van der Waals surface area contributed by atoms with Crippen molar-refractivity contribution in [1.82, 2.24) is 20.8 Å². The van der Waals surface area contributed by atoms with Crippen LogP contribution in [0.25, 0.3) is 22.3 Å². The van der Waals surface area contributed by atoms with E-state index in [0.717, 1.165) is 48.6 Å². The zero-order chi connectivity index (χ0) is 21.4. The molecule has 3 aromatic rings. The number of amides is 1. The minimum absolute atomic E-state index is 0.0556. The van der Waals surface area contributed by atoms with Crippen molar-refractivity contribution in [3.05, 3.63) is 42.6 Å². The summed E-state index contributed by atoms with van der Waals surface area (Å²) in [7, 11) is 0. The Hall–Kier alpha value is -2.94. The summed E-state index contributed by atoms with van der Waals surface area (Å²) in [5.41, 5.74) is 11.0. The van der Waals surface area contributed by atoms with Crippen LogP contribution < -0.4 is 21.1 Å². The Morgan fingerprint density at radius 1 is 1.13 bits per heavy atom. The fourth-order valence-corrected chi connectivity index (χ4v) is 4.21. The first-order chi connectivity index (χ1) is 15.1. The van der Waals surface area contributed by atoms with Gasteiger partial charge in [-0.1, -0.05) is 19.1 Å². The minimum Gasteiger partial charge on any atom is -0.378 e. The molecule has 0 radical (unpaired) electrons. The number of carbonyl (C=O) groups excluding carboxylic acids is 1. The van der Waals surface area contributed by atoms with Crippen LogP contribution in [0, 0.1) is 5.92 Å². The molecule has 2 aliphatic heterocycles. The second kappa shape index (κ2) is 8.30. The van der Waals surface area contributed by atoms with E-state index in [1.807, 2.05) is 6.07 Å². The maximum Gasteiger partial charge on any atom is 0.243 e. The molecule has 8 nitrogen and oxygen atoms in total. The SMILES string of the molecule is CC1NNC(C(=O)Nc2cnc3[nH]c(-c4ccc(N5CCOCC5)cc4)cc3c2)C1C. The largest absolute Gasteiger partial charge is 0.378 e. The van der Waals surface area contributed by atoms with Gasteiger partial charge in [0.1, 0.15) is 11.7 Å². The topological polar surface area (TPSA) is 94.3 Å². The third-order valence-electron chi connectivity index (χ3n) is 6.36. The summed E-state index contributed by atoms with van der Waals surface area (Å²) >= 11 is 0. The number of anilines is 2. The molecular weight excluding hydrogens is 392 g/mol. The third kappa shape index (κ3) is 4.01. The number of hydrogen-bond acceptors (Lipinski definition) is 6. The number of ether oxygens (including phenoxy) is 1. The van der Waals surface area contributed by atoms with E-state index in [0.29, 0.717) is 5.69 Å². The molecule has 0 saturated carbocycles. The van der Waals surface area contributed by atoms with Gasteiger partial charge in [0.15, 0.2) is 0 Å². The van der Waals surface area contributed by atoms with Gasteiger partial charge in [-0.3, -0.25) is 10.2 Å². The molecule has 1 amide bonds. The quantitative estimate of drug-likeness (QED) is 0.518. The molecule has 4 heterocycles. The molecule has 0 aliphatic carbocycles. The molecule has 3 unspecified atom stereocenters. The fourth-order valence-electron chi connectivity index (χ4n) is 4.21. The van der Waals surface area contributed by atoms with Gasteiger partial charge in [0, 0.05) is 35.9 Å². The molecule has 3 atom stereocenters. The number of aromatic amines is 1. The summed E-state index contributed by atoms with van der Waals surface area (Å²) < 4.78 is 5.43. The van der Waals surface area contributed by atoms with Crippen LogP contribution in [-0.2, 0) is 9.53 Å². The standard InChI is InChI=1S/C23H28N6O2/c1-14-15(2)27-28-21(14)23(30)25-18-11-17-12-20(26-22(17)24-13-18)16-3-5-19(6-4-16)29-7-9-31-10-8-29/h3-6,11-15,21,27-28H,7-10H2,1-2H3,(H,24,26)(H,25,30). The lowest BCUT2D eigenvalue weighted by Gasteiger charge is -2.28. The number of benzene rings is 1. The number of pyridine rings is 1. The summed E-state index contributed by atoms with van der Waals surface area (Å²) in [5, 5.41) is 3.95. The Bertz CT molecular complexity index is 1070. The van der Waals surface area contributed by atoms with Crippen LogP contribution >= 0.6 is 0 Å². The van der Waals surface area contributed by atoms with Crippen molar-refractivity contribution in [3.8, 4) is 11.3 Å². The van der Waals surface area contributed by atoms with Crippen LogP contribution in [0.15, 0.2) is 42.6 Å². The van der Waals surface area contributed by atoms with E-state index in [1.165, 1.54) is 5.69 Å². The van der Waals surface area contributed by atoms with E-state index < -0.39 is 0 Å². The first-order valence-electron chi connectivity index (χ1n) is 10.8. The lowest BCUT2D eigenvalue weighted by molar-refractivity contribution is -0.118. The van der Waals surface area contributed by atoms with Gasteiger partial charge in [0.2, 0.25) is 5.91 Å². The van der Waals surface area contributed by atoms with Crippen molar-refractivity contribution < 1.29 is 9.53 Å². The number of fused-ring (bicyclic) bond motifs is 1. The number of H-pyrrole nitrogens is 1. The Balaban J connectivity index is 1.32. The number of carbonyl (C=O) groups is 1. The molecule has 5 rings (SSSR count). The van der Waals surface area contributed by atoms with Crippen LogP contribution in [0.3, 0.4) is 0 Å². The van der Waals surface area contributed by atoms with Gasteiger partial charge < -0.3 is 19.9 Å². The molecule has 2 saturated heterocycles. The lowest BCUT2D eigenvalue weighted by atomic mass is 9.97. The van der Waals surface area contributed by atoms with E-state index >= 15 is 0 Å². The predicted molar refractivity (Wildman–Crippen MR) is 122 cm³/mol. The number of aromatic nitrogens is 2. The van der Waals surface area contributed by atoms with Crippen molar-refractivity contribution in [1.29, 1.82) is 0 Å². The molecule has 31 heavy (non-hydrogen) atoms. The number of hydrazine groups is 1. The van der Waals surface area contributed by atoms with Crippen LogP contribution in [0.1, 0.15) is 13.8 Å². The van der Waals surface area contributed by atoms with Crippen molar-refractivity contribution in [3.63, 3.8) is 0 Å². The highest BCUT2D eigenvalue weighted by Gasteiger charge is 2.34. The van der Waals surface area contributed by atoms with Gasteiger partial charge in [-0.2, -0.15) is 0 Å². The second-order valence-corrected chi connectivity index (χ2v) is 8.39. The van der Waals surface area contributed by atoms with Crippen molar-refractivity contribution >= 4 is 28.3 Å². The van der Waals surface area contributed by atoms with Crippen molar-refractivity contribution in [2.24, 2.45) is 5.92 Å². The molecule has 2 fully saturated rings. The van der Waals surface area contributed by atoms with Crippen LogP contribution in [0.4, 0.5) is 11.4 Å². The third-order valence-corrected chi connectivity index (χ3v) is 6.36. The lowest BCUT2D eigenvalue weighted by Crippen LogP contribution is -2.41. The summed E-state index contributed by atoms with van der Waals surface area (Å²) in [6.07, 6.45) is 1.69. The van der Waals surface area contributed by atoms with Gasteiger partial charge in [0.05, 0.1) is 25.1 Å². The van der Waals surface area contributed by atoms with E-state index in [1.54, 1.807) is 6.20 Å². The molecule has 8 heteroatoms. The molecule has 0 bridgehead atoms. The van der Waals surface area contributed by atoms with Crippen molar-refractivity contribution in [2.45, 2.75) is 25.9 Å². The summed E-state index contributed by atoms with van der Waals surface area (Å²) in [6, 6.07) is 12.6. The molecule has 2 aliphatic rings. The Labute approximate surface area is 181 Å². The van der Waals surface area contributed by atoms with Gasteiger partial charge in [0.25, 0.3) is 0 Å². The molecule has 2 aromatic heterocycles. The fraction of sp³-hybridized carbons (Fsp3) is 0.391. The highest BCUT2D eigenvalue weighted by atomic mass is 16.5. The highest BCUT2D eigenvalue weighted by molar-refractivity contribution is 5.97. The Morgan fingerprint density at radius 2 is 1.90 bits per heavy atom. The molecule has 162 valence electrons. The smallest absolute Gasteiger partial charge is 0.243 e. The van der Waals surface area contributed by atoms with Gasteiger partial charge >= 0.3 is 0 Å². The summed E-state index contributed by atoms with van der Waals surface area (Å²) in [6.45, 7) is 7.53. The van der Waals surface area contributed by atoms with Gasteiger partial charge in [-0.05, 0) is 42.7 Å². The Morgan fingerprint density at radius 3 is 2.61 bits per heavy atom. The monoisotopic (exact) mass is 420 g/mol. The minimum atomic E-state index is -0.266. The molecular formula is C23H28N6O2. The van der Waals surface area contributed by atoms with E-state index in [9.17, 15) is 4.79 Å². The van der Waals surface area contributed by atoms with Crippen molar-refractivity contribution in [2.75, 3.05) is 36.5 Å². The first kappa shape index (κ1) is 20.0.